The van der Waals surface area contributed by atoms with E-state index in [1.807, 2.05) is 0 Å². The highest BCUT2D eigenvalue weighted by Gasteiger charge is 2.08. The molecule has 4 heteroatoms. The zero-order valence-electron chi connectivity index (χ0n) is 6.60. The fourth-order valence-corrected chi connectivity index (χ4v) is 1.57. The summed E-state index contributed by atoms with van der Waals surface area (Å²) in [6.45, 7) is 0.319. The third-order valence-electron chi connectivity index (χ3n) is 1.50. The standard InChI is InChI=1S/C8H9BrFNO/c1-12-8-6(9)2-5(4-11)3-7(8)10/h2-3H,4,11H2,1H3. The van der Waals surface area contributed by atoms with Gasteiger partial charge in [-0.2, -0.15) is 0 Å². The van der Waals surface area contributed by atoms with Crippen LogP contribution in [-0.4, -0.2) is 7.11 Å². The van der Waals surface area contributed by atoms with E-state index in [4.69, 9.17) is 10.5 Å². The van der Waals surface area contributed by atoms with Gasteiger partial charge in [0.25, 0.3) is 0 Å². The van der Waals surface area contributed by atoms with Gasteiger partial charge in [-0.3, -0.25) is 0 Å². The molecule has 12 heavy (non-hydrogen) atoms. The van der Waals surface area contributed by atoms with Crippen molar-refractivity contribution < 1.29 is 9.13 Å². The van der Waals surface area contributed by atoms with Crippen LogP contribution in [0.2, 0.25) is 0 Å². The molecule has 0 unspecified atom stereocenters. The van der Waals surface area contributed by atoms with Gasteiger partial charge in [-0.05, 0) is 33.6 Å². The molecular weight excluding hydrogens is 225 g/mol. The van der Waals surface area contributed by atoms with E-state index < -0.39 is 5.82 Å². The van der Waals surface area contributed by atoms with Gasteiger partial charge in [-0.25, -0.2) is 4.39 Å². The Balaban J connectivity index is 3.18. The van der Waals surface area contributed by atoms with Crippen molar-refractivity contribution in [3.63, 3.8) is 0 Å². The highest BCUT2D eigenvalue weighted by atomic mass is 79.9. The van der Waals surface area contributed by atoms with E-state index >= 15 is 0 Å². The topological polar surface area (TPSA) is 35.2 Å². The Kier molecular flexibility index (Phi) is 3.05. The Hall–Kier alpha value is -0.610. The molecule has 0 aliphatic carbocycles. The van der Waals surface area contributed by atoms with Crippen LogP contribution in [0.3, 0.4) is 0 Å². The van der Waals surface area contributed by atoms with Gasteiger partial charge in [0.1, 0.15) is 0 Å². The van der Waals surface area contributed by atoms with Crippen LogP contribution in [0.25, 0.3) is 0 Å². The summed E-state index contributed by atoms with van der Waals surface area (Å²) in [6.07, 6.45) is 0. The van der Waals surface area contributed by atoms with Crippen molar-refractivity contribution in [1.82, 2.24) is 0 Å². The van der Waals surface area contributed by atoms with E-state index in [0.29, 0.717) is 11.0 Å². The first-order chi connectivity index (χ1) is 5.69. The van der Waals surface area contributed by atoms with Crippen molar-refractivity contribution in [1.29, 1.82) is 0 Å². The second kappa shape index (κ2) is 3.87. The molecule has 1 aromatic carbocycles. The van der Waals surface area contributed by atoms with Gasteiger partial charge < -0.3 is 10.5 Å². The molecule has 0 bridgehead atoms. The van der Waals surface area contributed by atoms with E-state index in [1.165, 1.54) is 13.2 Å². The van der Waals surface area contributed by atoms with E-state index in [-0.39, 0.29) is 5.75 Å². The lowest BCUT2D eigenvalue weighted by atomic mass is 10.2. The van der Waals surface area contributed by atoms with E-state index in [9.17, 15) is 4.39 Å². The summed E-state index contributed by atoms with van der Waals surface area (Å²) in [7, 11) is 1.42. The molecule has 0 aliphatic rings. The van der Waals surface area contributed by atoms with E-state index in [1.54, 1.807) is 6.07 Å². The van der Waals surface area contributed by atoms with Crippen LogP contribution in [-0.2, 0) is 6.54 Å². The zero-order chi connectivity index (χ0) is 9.14. The number of benzene rings is 1. The Morgan fingerprint density at radius 3 is 2.67 bits per heavy atom. The molecule has 1 rings (SSSR count). The number of ether oxygens (including phenoxy) is 1. The van der Waals surface area contributed by atoms with Gasteiger partial charge >= 0.3 is 0 Å². The molecule has 2 nitrogen and oxygen atoms in total. The quantitative estimate of drug-likeness (QED) is 0.849. The van der Waals surface area contributed by atoms with Crippen molar-refractivity contribution >= 4 is 15.9 Å². The summed E-state index contributed by atoms with van der Waals surface area (Å²) >= 11 is 3.18. The second-order valence-electron chi connectivity index (χ2n) is 2.30. The third kappa shape index (κ3) is 1.76. The summed E-state index contributed by atoms with van der Waals surface area (Å²) in [6, 6.07) is 3.10. The lowest BCUT2D eigenvalue weighted by molar-refractivity contribution is 0.383. The van der Waals surface area contributed by atoms with Crippen molar-refractivity contribution in [2.75, 3.05) is 7.11 Å². The lowest BCUT2D eigenvalue weighted by Gasteiger charge is -2.06. The number of nitrogens with two attached hydrogens (primary N) is 1. The predicted octanol–water partition coefficient (Wildman–Crippen LogP) is 2.06. The maximum Gasteiger partial charge on any atom is 0.168 e. The summed E-state index contributed by atoms with van der Waals surface area (Å²) in [5.41, 5.74) is 6.09. The summed E-state index contributed by atoms with van der Waals surface area (Å²) in [5, 5.41) is 0. The smallest absolute Gasteiger partial charge is 0.168 e. The number of methoxy groups -OCH3 is 1. The predicted molar refractivity (Wildman–Crippen MR) is 48.5 cm³/mol. The Bertz CT molecular complexity index is 267. The van der Waals surface area contributed by atoms with Gasteiger partial charge in [0, 0.05) is 6.54 Å². The van der Waals surface area contributed by atoms with Crippen LogP contribution in [0.1, 0.15) is 5.56 Å². The summed E-state index contributed by atoms with van der Waals surface area (Å²) in [5.74, 6) is -0.181. The van der Waals surface area contributed by atoms with Gasteiger partial charge in [-0.1, -0.05) is 0 Å². The molecule has 0 saturated heterocycles. The van der Waals surface area contributed by atoms with E-state index in [0.717, 1.165) is 5.56 Å². The zero-order valence-corrected chi connectivity index (χ0v) is 8.19. The molecule has 0 aromatic heterocycles. The van der Waals surface area contributed by atoms with Gasteiger partial charge in [0.15, 0.2) is 11.6 Å². The average Bonchev–Trinajstić information content (AvgIpc) is 2.03. The fraction of sp³-hybridized carbons (Fsp3) is 0.250. The molecule has 0 saturated carbocycles. The van der Waals surface area contributed by atoms with Crippen molar-refractivity contribution in [3.8, 4) is 5.75 Å². The van der Waals surface area contributed by atoms with Gasteiger partial charge in [-0.15, -0.1) is 0 Å². The molecular formula is C8H9BrFNO. The number of hydrogen-bond acceptors (Lipinski definition) is 2. The maximum atomic E-state index is 13.1. The monoisotopic (exact) mass is 233 g/mol. The maximum absolute atomic E-state index is 13.1. The summed E-state index contributed by atoms with van der Waals surface area (Å²) < 4.78 is 18.5. The SMILES string of the molecule is COc1c(F)cc(CN)cc1Br. The minimum absolute atomic E-state index is 0.215. The molecule has 1 aromatic rings. The molecule has 0 amide bonds. The Morgan fingerprint density at radius 2 is 2.25 bits per heavy atom. The first-order valence-electron chi connectivity index (χ1n) is 3.41. The van der Waals surface area contributed by atoms with Gasteiger partial charge in [0.05, 0.1) is 11.6 Å². The highest BCUT2D eigenvalue weighted by Crippen LogP contribution is 2.28. The highest BCUT2D eigenvalue weighted by molar-refractivity contribution is 9.10. The average molecular weight is 234 g/mol. The molecule has 0 spiro atoms. The number of halogens is 2. The molecule has 0 heterocycles. The van der Waals surface area contributed by atoms with Crippen LogP contribution < -0.4 is 10.5 Å². The summed E-state index contributed by atoms with van der Waals surface area (Å²) in [4.78, 5) is 0. The van der Waals surface area contributed by atoms with Crippen molar-refractivity contribution in [2.45, 2.75) is 6.54 Å². The largest absolute Gasteiger partial charge is 0.492 e. The normalized spacial score (nSPS) is 10.0. The molecule has 0 fully saturated rings. The van der Waals surface area contributed by atoms with Crippen LogP contribution in [0, 0.1) is 5.82 Å². The molecule has 2 N–H and O–H groups in total. The van der Waals surface area contributed by atoms with Crippen LogP contribution >= 0.6 is 15.9 Å². The number of hydrogen-bond donors (Lipinski definition) is 1. The molecule has 0 atom stereocenters. The van der Waals surface area contributed by atoms with Crippen LogP contribution in [0.5, 0.6) is 5.75 Å². The number of rotatable bonds is 2. The van der Waals surface area contributed by atoms with Gasteiger partial charge in [0.2, 0.25) is 0 Å². The van der Waals surface area contributed by atoms with Crippen LogP contribution in [0.4, 0.5) is 4.39 Å². The molecule has 0 radical (unpaired) electrons. The second-order valence-corrected chi connectivity index (χ2v) is 3.15. The first kappa shape index (κ1) is 9.48. The lowest BCUT2D eigenvalue weighted by Crippen LogP contribution is -1.98. The Labute approximate surface area is 78.6 Å². The minimum Gasteiger partial charge on any atom is -0.492 e. The molecule has 0 aliphatic heterocycles. The van der Waals surface area contributed by atoms with Crippen LogP contribution in [0.15, 0.2) is 16.6 Å². The fourth-order valence-electron chi connectivity index (χ4n) is 0.925. The first-order valence-corrected chi connectivity index (χ1v) is 4.20. The van der Waals surface area contributed by atoms with E-state index in [2.05, 4.69) is 15.9 Å². The third-order valence-corrected chi connectivity index (χ3v) is 2.09. The minimum atomic E-state index is -0.396. The van der Waals surface area contributed by atoms with Crippen molar-refractivity contribution in [3.05, 3.63) is 28.0 Å². The van der Waals surface area contributed by atoms with Crippen molar-refractivity contribution in [2.24, 2.45) is 5.73 Å². The Morgan fingerprint density at radius 1 is 1.58 bits per heavy atom. The molecule has 66 valence electrons.